The van der Waals surface area contributed by atoms with Crippen molar-refractivity contribution in [3.05, 3.63) is 35.7 Å². The average Bonchev–Trinajstić information content (AvgIpc) is 2.95. The van der Waals surface area contributed by atoms with Crippen LogP contribution < -0.4 is 5.32 Å². The van der Waals surface area contributed by atoms with E-state index >= 15 is 0 Å². The molecule has 0 unspecified atom stereocenters. The van der Waals surface area contributed by atoms with Crippen molar-refractivity contribution in [1.29, 1.82) is 0 Å². The van der Waals surface area contributed by atoms with E-state index in [-0.39, 0.29) is 24.7 Å². The topological polar surface area (TPSA) is 110 Å². The number of nitrogens with one attached hydrogen (secondary N) is 1. The second-order valence-corrected chi connectivity index (χ2v) is 3.84. The highest BCUT2D eigenvalue weighted by molar-refractivity contribution is 5.86. The van der Waals surface area contributed by atoms with Crippen LogP contribution in [0.4, 0.5) is 0 Å². The fourth-order valence-corrected chi connectivity index (χ4v) is 1.54. The molecule has 0 saturated heterocycles. The van der Waals surface area contributed by atoms with Crippen LogP contribution in [0.2, 0.25) is 0 Å². The number of amides is 1. The van der Waals surface area contributed by atoms with Crippen LogP contribution in [0.15, 0.2) is 22.9 Å². The molecule has 2 aromatic heterocycles. The summed E-state index contributed by atoms with van der Waals surface area (Å²) in [6.45, 7) is 1.71. The number of carbonyl (C=O) groups is 2. The first kappa shape index (κ1) is 12.8. The molecule has 8 heteroatoms. The molecule has 0 radical (unpaired) electrons. The molecular formula is C11H12N4O4. The Kier molecular flexibility index (Phi) is 3.60. The van der Waals surface area contributed by atoms with E-state index in [4.69, 9.17) is 9.63 Å². The Morgan fingerprint density at radius 2 is 2.32 bits per heavy atom. The van der Waals surface area contributed by atoms with Crippen LogP contribution in [0.3, 0.4) is 0 Å². The fourth-order valence-electron chi connectivity index (χ4n) is 1.54. The van der Waals surface area contributed by atoms with Gasteiger partial charge < -0.3 is 19.5 Å². The number of carbonyl (C=O) groups excluding carboxylic acids is 1. The van der Waals surface area contributed by atoms with Gasteiger partial charge in [0.15, 0.2) is 5.82 Å². The highest BCUT2D eigenvalue weighted by Gasteiger charge is 2.12. The van der Waals surface area contributed by atoms with Crippen LogP contribution in [-0.2, 0) is 17.9 Å². The van der Waals surface area contributed by atoms with E-state index in [2.05, 4.69) is 15.5 Å². The van der Waals surface area contributed by atoms with Crippen LogP contribution in [-0.4, -0.2) is 31.7 Å². The zero-order chi connectivity index (χ0) is 13.8. The van der Waals surface area contributed by atoms with Gasteiger partial charge in [0.1, 0.15) is 12.2 Å². The molecule has 0 aliphatic carbocycles. The first-order valence-electron chi connectivity index (χ1n) is 5.50. The summed E-state index contributed by atoms with van der Waals surface area (Å²) < 4.78 is 6.18. The average molecular weight is 264 g/mol. The predicted octanol–water partition coefficient (Wildman–Crippen LogP) is 0.194. The van der Waals surface area contributed by atoms with Crippen molar-refractivity contribution in [2.75, 3.05) is 0 Å². The van der Waals surface area contributed by atoms with Gasteiger partial charge in [0.25, 0.3) is 0 Å². The summed E-state index contributed by atoms with van der Waals surface area (Å²) in [6.07, 6.45) is 1.53. The predicted molar refractivity (Wildman–Crippen MR) is 62.3 cm³/mol. The van der Waals surface area contributed by atoms with Crippen molar-refractivity contribution in [2.24, 2.45) is 0 Å². The van der Waals surface area contributed by atoms with Crippen LogP contribution in [0, 0.1) is 6.92 Å². The molecule has 1 amide bonds. The largest absolute Gasteiger partial charge is 0.477 e. The van der Waals surface area contributed by atoms with Crippen molar-refractivity contribution < 1.29 is 19.2 Å². The zero-order valence-electron chi connectivity index (χ0n) is 10.2. The molecule has 19 heavy (non-hydrogen) atoms. The third-order valence-electron chi connectivity index (χ3n) is 2.37. The Labute approximate surface area is 108 Å². The summed E-state index contributed by atoms with van der Waals surface area (Å²) in [5.74, 6) is -0.625. The highest BCUT2D eigenvalue weighted by Crippen LogP contribution is 2.02. The second kappa shape index (κ2) is 5.34. The molecule has 0 bridgehead atoms. The molecule has 0 aromatic carbocycles. The van der Waals surface area contributed by atoms with E-state index in [0.717, 1.165) is 0 Å². The second-order valence-electron chi connectivity index (χ2n) is 3.84. The third kappa shape index (κ3) is 3.18. The van der Waals surface area contributed by atoms with Gasteiger partial charge in [-0.2, -0.15) is 4.98 Å². The van der Waals surface area contributed by atoms with Gasteiger partial charge in [-0.25, -0.2) is 4.79 Å². The minimum absolute atomic E-state index is 0.0591. The number of hydrogen-bond donors (Lipinski definition) is 2. The van der Waals surface area contributed by atoms with Gasteiger partial charge in [-0.1, -0.05) is 5.16 Å². The SMILES string of the molecule is Cc1noc(CNC(=O)Cn2cccc2C(=O)O)n1. The van der Waals surface area contributed by atoms with Crippen LogP contribution in [0.1, 0.15) is 22.2 Å². The molecular weight excluding hydrogens is 252 g/mol. The lowest BCUT2D eigenvalue weighted by Gasteiger charge is -2.06. The number of carboxylic acids is 1. The fraction of sp³-hybridized carbons (Fsp3) is 0.273. The van der Waals surface area contributed by atoms with Gasteiger partial charge >= 0.3 is 5.97 Å². The van der Waals surface area contributed by atoms with Crippen LogP contribution >= 0.6 is 0 Å². The Balaban J connectivity index is 1.90. The Morgan fingerprint density at radius 1 is 1.53 bits per heavy atom. The van der Waals surface area contributed by atoms with E-state index in [1.807, 2.05) is 0 Å². The number of carboxylic acid groups (broad SMARTS) is 1. The number of hydrogen-bond acceptors (Lipinski definition) is 5. The number of aryl methyl sites for hydroxylation is 1. The molecule has 0 aliphatic heterocycles. The molecule has 100 valence electrons. The van der Waals surface area contributed by atoms with Crippen molar-refractivity contribution in [3.8, 4) is 0 Å². The maximum absolute atomic E-state index is 11.7. The van der Waals surface area contributed by atoms with E-state index in [1.165, 1.54) is 16.8 Å². The standard InChI is InChI=1S/C11H12N4O4/c1-7-13-10(19-14-7)5-12-9(16)6-15-4-2-3-8(15)11(17)18/h2-4H,5-6H2,1H3,(H,12,16)(H,17,18). The molecule has 2 rings (SSSR count). The summed E-state index contributed by atoms with van der Waals surface area (Å²) >= 11 is 0. The molecule has 0 atom stereocenters. The van der Waals surface area contributed by atoms with E-state index in [1.54, 1.807) is 13.0 Å². The van der Waals surface area contributed by atoms with Crippen molar-refractivity contribution >= 4 is 11.9 Å². The lowest BCUT2D eigenvalue weighted by Crippen LogP contribution is -2.28. The third-order valence-corrected chi connectivity index (χ3v) is 2.37. The first-order valence-corrected chi connectivity index (χ1v) is 5.50. The van der Waals surface area contributed by atoms with Crippen LogP contribution in [0.5, 0.6) is 0 Å². The quantitative estimate of drug-likeness (QED) is 0.797. The van der Waals surface area contributed by atoms with Gasteiger partial charge in [-0.05, 0) is 19.1 Å². The summed E-state index contributed by atoms with van der Waals surface area (Å²) in [5.41, 5.74) is 0.0591. The summed E-state index contributed by atoms with van der Waals surface area (Å²) in [4.78, 5) is 26.4. The highest BCUT2D eigenvalue weighted by atomic mass is 16.5. The molecule has 0 fully saturated rings. The van der Waals surface area contributed by atoms with Gasteiger partial charge in [0, 0.05) is 6.20 Å². The maximum Gasteiger partial charge on any atom is 0.352 e. The van der Waals surface area contributed by atoms with Crippen LogP contribution in [0.25, 0.3) is 0 Å². The monoisotopic (exact) mass is 264 g/mol. The lowest BCUT2D eigenvalue weighted by molar-refractivity contribution is -0.121. The van der Waals surface area contributed by atoms with Gasteiger partial charge in [0.2, 0.25) is 11.8 Å². The number of rotatable bonds is 5. The zero-order valence-corrected chi connectivity index (χ0v) is 10.2. The van der Waals surface area contributed by atoms with E-state index < -0.39 is 5.97 Å². The van der Waals surface area contributed by atoms with Crippen molar-refractivity contribution in [1.82, 2.24) is 20.0 Å². The lowest BCUT2D eigenvalue weighted by atomic mass is 10.4. The molecule has 2 heterocycles. The molecule has 0 spiro atoms. The normalized spacial score (nSPS) is 10.4. The van der Waals surface area contributed by atoms with E-state index in [9.17, 15) is 9.59 Å². The molecule has 8 nitrogen and oxygen atoms in total. The van der Waals surface area contributed by atoms with E-state index in [0.29, 0.717) is 11.7 Å². The molecule has 0 aliphatic rings. The molecule has 2 aromatic rings. The molecule has 0 saturated carbocycles. The first-order chi connectivity index (χ1) is 9.06. The Morgan fingerprint density at radius 3 is 2.95 bits per heavy atom. The minimum atomic E-state index is -1.08. The van der Waals surface area contributed by atoms with Gasteiger partial charge in [-0.3, -0.25) is 4.79 Å². The number of aromatic nitrogens is 3. The summed E-state index contributed by atoms with van der Waals surface area (Å²) in [6, 6.07) is 3.00. The Bertz CT molecular complexity index is 601. The minimum Gasteiger partial charge on any atom is -0.477 e. The smallest absolute Gasteiger partial charge is 0.352 e. The van der Waals surface area contributed by atoms with Gasteiger partial charge in [0.05, 0.1) is 6.54 Å². The van der Waals surface area contributed by atoms with Gasteiger partial charge in [-0.15, -0.1) is 0 Å². The summed E-state index contributed by atoms with van der Waals surface area (Å²) in [5, 5.41) is 15.0. The summed E-state index contributed by atoms with van der Waals surface area (Å²) in [7, 11) is 0. The maximum atomic E-state index is 11.7. The number of aromatic carboxylic acids is 1. The Hall–Kier alpha value is -2.64. The van der Waals surface area contributed by atoms with Crippen molar-refractivity contribution in [3.63, 3.8) is 0 Å². The van der Waals surface area contributed by atoms with Crippen molar-refractivity contribution in [2.45, 2.75) is 20.0 Å². The number of nitrogens with zero attached hydrogens (tertiary/aromatic N) is 3. The molecule has 2 N–H and O–H groups in total.